The van der Waals surface area contributed by atoms with E-state index in [-0.39, 0.29) is 5.95 Å². The number of nitrogens with zero attached hydrogens (tertiary/aromatic N) is 8. The summed E-state index contributed by atoms with van der Waals surface area (Å²) in [7, 11) is 0. The van der Waals surface area contributed by atoms with Crippen LogP contribution in [0.1, 0.15) is 38.6 Å². The molecule has 2 fully saturated rings. The van der Waals surface area contributed by atoms with Crippen molar-refractivity contribution in [2.75, 3.05) is 24.6 Å². The molecule has 32 heavy (non-hydrogen) atoms. The summed E-state index contributed by atoms with van der Waals surface area (Å²) in [4.78, 5) is 15.9. The number of rotatable bonds is 5. The van der Waals surface area contributed by atoms with Gasteiger partial charge in [-0.15, -0.1) is 5.10 Å². The highest BCUT2D eigenvalue weighted by Gasteiger charge is 2.44. The molecular formula is C19H26N8O5. The van der Waals surface area contributed by atoms with Gasteiger partial charge in [-0.25, -0.2) is 4.98 Å². The van der Waals surface area contributed by atoms with Gasteiger partial charge in [0.25, 0.3) is 5.95 Å². The maximum Gasteiger partial charge on any atom is 0.256 e. The average Bonchev–Trinajstić information content (AvgIpc) is 3.55. The Morgan fingerprint density at radius 3 is 2.53 bits per heavy atom. The number of aromatic nitrogens is 7. The molecule has 5 rings (SSSR count). The van der Waals surface area contributed by atoms with Crippen LogP contribution in [0.3, 0.4) is 0 Å². The number of aliphatic hydroxyl groups excluding tert-OH is 3. The van der Waals surface area contributed by atoms with Gasteiger partial charge in [-0.3, -0.25) is 4.57 Å². The predicted molar refractivity (Wildman–Crippen MR) is 110 cm³/mol. The smallest absolute Gasteiger partial charge is 0.256 e. The molecule has 4 N–H and O–H groups in total. The summed E-state index contributed by atoms with van der Waals surface area (Å²) in [5.74, 6) is 0.837. The monoisotopic (exact) mass is 446 g/mol. The summed E-state index contributed by atoms with van der Waals surface area (Å²) >= 11 is 0. The molecule has 0 unspecified atom stereocenters. The van der Waals surface area contributed by atoms with Crippen molar-refractivity contribution in [2.45, 2.75) is 56.8 Å². The molecule has 0 aliphatic carbocycles. The van der Waals surface area contributed by atoms with Gasteiger partial charge in [0, 0.05) is 13.1 Å². The second kappa shape index (κ2) is 7.71. The molecule has 0 saturated carbocycles. The van der Waals surface area contributed by atoms with Crippen molar-refractivity contribution in [3.63, 3.8) is 0 Å². The first-order chi connectivity index (χ1) is 15.3. The number of fused-ring (bicyclic) bond motifs is 1. The number of ether oxygens (including phenoxy) is 1. The lowest BCUT2D eigenvalue weighted by molar-refractivity contribution is -0.0511. The third kappa shape index (κ3) is 3.42. The molecule has 4 atom stereocenters. The van der Waals surface area contributed by atoms with Crippen LogP contribution >= 0.6 is 0 Å². The van der Waals surface area contributed by atoms with Crippen LogP contribution in [-0.4, -0.2) is 92.9 Å². The molecule has 2 aliphatic heterocycles. The predicted octanol–water partition coefficient (Wildman–Crippen LogP) is -1.15. The van der Waals surface area contributed by atoms with Crippen LogP contribution in [0.15, 0.2) is 12.5 Å². The van der Waals surface area contributed by atoms with E-state index < -0.39 is 36.7 Å². The summed E-state index contributed by atoms with van der Waals surface area (Å²) in [6.07, 6.45) is 0.679. The van der Waals surface area contributed by atoms with Crippen molar-refractivity contribution in [1.82, 2.24) is 34.5 Å². The standard InChI is InChI=1S/C19H26N8O5/c1-19(2,31)11-7-27(24-23-11)18-21-15(25-5-3-4-6-25)12-16(22-18)26(9-20-12)17-14(30)13(29)10(8-28)32-17/h7,9-10,13-14,17,28-31H,3-6,8H2,1-2H3/t10-,13-,14-,17-/m1/s1. The number of anilines is 1. The van der Waals surface area contributed by atoms with Gasteiger partial charge in [-0.05, 0) is 26.7 Å². The molecule has 2 saturated heterocycles. The Bertz CT molecular complexity index is 1120. The minimum Gasteiger partial charge on any atom is -0.394 e. The molecule has 0 bridgehead atoms. The zero-order valence-corrected chi connectivity index (χ0v) is 17.8. The Balaban J connectivity index is 1.64. The Hall–Kier alpha value is -2.71. The second-order valence-corrected chi connectivity index (χ2v) is 8.70. The molecule has 5 heterocycles. The zero-order valence-electron chi connectivity index (χ0n) is 17.8. The first-order valence-electron chi connectivity index (χ1n) is 10.6. The van der Waals surface area contributed by atoms with E-state index >= 15 is 0 Å². The fourth-order valence-corrected chi connectivity index (χ4v) is 4.08. The van der Waals surface area contributed by atoms with Gasteiger partial charge >= 0.3 is 0 Å². The molecule has 0 amide bonds. The summed E-state index contributed by atoms with van der Waals surface area (Å²) in [5, 5.41) is 48.5. The van der Waals surface area contributed by atoms with E-state index in [4.69, 9.17) is 4.74 Å². The highest BCUT2D eigenvalue weighted by atomic mass is 16.6. The number of imidazole rings is 1. The van der Waals surface area contributed by atoms with E-state index in [1.54, 1.807) is 20.0 Å². The van der Waals surface area contributed by atoms with E-state index in [0.29, 0.717) is 22.7 Å². The van der Waals surface area contributed by atoms with Crippen LogP contribution in [-0.2, 0) is 10.3 Å². The Labute approximate surface area is 182 Å². The van der Waals surface area contributed by atoms with Crippen LogP contribution < -0.4 is 4.90 Å². The van der Waals surface area contributed by atoms with Crippen LogP contribution in [0.5, 0.6) is 0 Å². The number of aliphatic hydroxyl groups is 4. The van der Waals surface area contributed by atoms with Crippen molar-refractivity contribution >= 4 is 17.0 Å². The van der Waals surface area contributed by atoms with E-state index in [0.717, 1.165) is 25.9 Å². The summed E-state index contributed by atoms with van der Waals surface area (Å²) in [6.45, 7) is 4.42. The van der Waals surface area contributed by atoms with Gasteiger partial charge in [0.05, 0.1) is 19.1 Å². The van der Waals surface area contributed by atoms with Gasteiger partial charge < -0.3 is 30.1 Å². The third-order valence-electron chi connectivity index (χ3n) is 5.91. The minimum absolute atomic E-state index is 0.218. The lowest BCUT2D eigenvalue weighted by Gasteiger charge is -2.19. The van der Waals surface area contributed by atoms with Gasteiger partial charge in [0.1, 0.15) is 29.6 Å². The van der Waals surface area contributed by atoms with Crippen LogP contribution in [0.4, 0.5) is 5.82 Å². The van der Waals surface area contributed by atoms with Gasteiger partial charge in [0.2, 0.25) is 0 Å². The van der Waals surface area contributed by atoms with Crippen LogP contribution in [0.2, 0.25) is 0 Å². The second-order valence-electron chi connectivity index (χ2n) is 8.70. The van der Waals surface area contributed by atoms with Crippen molar-refractivity contribution in [3.05, 3.63) is 18.2 Å². The Kier molecular flexibility index (Phi) is 5.09. The summed E-state index contributed by atoms with van der Waals surface area (Å²) in [5.41, 5.74) is 0.0863. The van der Waals surface area contributed by atoms with Gasteiger partial charge in [-0.1, -0.05) is 5.21 Å². The van der Waals surface area contributed by atoms with Gasteiger partial charge in [-0.2, -0.15) is 14.6 Å². The largest absolute Gasteiger partial charge is 0.394 e. The SMILES string of the molecule is CC(C)(O)c1cn(-c2nc(N3CCCC3)c3ncn([C@@H]4O[C@H](CO)[C@@H](O)[C@H]4O)c3n2)nn1. The van der Waals surface area contributed by atoms with Crippen LogP contribution in [0, 0.1) is 0 Å². The lowest BCUT2D eigenvalue weighted by atomic mass is 10.1. The zero-order chi connectivity index (χ0) is 22.6. The van der Waals surface area contributed by atoms with Crippen molar-refractivity contribution < 1.29 is 25.2 Å². The Morgan fingerprint density at radius 2 is 1.91 bits per heavy atom. The lowest BCUT2D eigenvalue weighted by Crippen LogP contribution is -2.33. The molecule has 13 heteroatoms. The van der Waals surface area contributed by atoms with E-state index in [2.05, 4.69) is 30.2 Å². The maximum atomic E-state index is 10.5. The van der Waals surface area contributed by atoms with Gasteiger partial charge in [0.15, 0.2) is 23.2 Å². The molecule has 0 radical (unpaired) electrons. The highest BCUT2D eigenvalue weighted by Crippen LogP contribution is 2.34. The molecule has 3 aromatic heterocycles. The van der Waals surface area contributed by atoms with Crippen molar-refractivity contribution in [3.8, 4) is 5.95 Å². The summed E-state index contributed by atoms with van der Waals surface area (Å²) in [6, 6.07) is 0. The molecule has 13 nitrogen and oxygen atoms in total. The normalized spacial score (nSPS) is 26.5. The highest BCUT2D eigenvalue weighted by molar-refractivity contribution is 5.84. The van der Waals surface area contributed by atoms with Crippen molar-refractivity contribution in [2.24, 2.45) is 0 Å². The first-order valence-corrected chi connectivity index (χ1v) is 10.6. The maximum absolute atomic E-state index is 10.5. The quantitative estimate of drug-likeness (QED) is 0.373. The fourth-order valence-electron chi connectivity index (χ4n) is 4.08. The van der Waals surface area contributed by atoms with E-state index in [1.807, 2.05) is 0 Å². The molecule has 3 aromatic rings. The minimum atomic E-state index is -1.27. The molecule has 0 spiro atoms. The van der Waals surface area contributed by atoms with E-state index in [1.165, 1.54) is 15.6 Å². The molecule has 0 aromatic carbocycles. The van der Waals surface area contributed by atoms with Crippen molar-refractivity contribution in [1.29, 1.82) is 0 Å². The number of hydrogen-bond donors (Lipinski definition) is 4. The first kappa shape index (κ1) is 21.2. The topological polar surface area (TPSA) is 168 Å². The molecular weight excluding hydrogens is 420 g/mol. The average molecular weight is 446 g/mol. The van der Waals surface area contributed by atoms with E-state index in [9.17, 15) is 20.4 Å². The summed E-state index contributed by atoms with van der Waals surface area (Å²) < 4.78 is 8.58. The van der Waals surface area contributed by atoms with Crippen LogP contribution in [0.25, 0.3) is 17.1 Å². The fraction of sp³-hybridized carbons (Fsp3) is 0.632. The number of hydrogen-bond acceptors (Lipinski definition) is 11. The third-order valence-corrected chi connectivity index (χ3v) is 5.91. The molecule has 2 aliphatic rings. The Morgan fingerprint density at radius 1 is 1.16 bits per heavy atom. The molecule has 172 valence electrons.